The number of aryl methyl sites for hydroxylation is 1. The van der Waals surface area contributed by atoms with Crippen molar-refractivity contribution in [3.63, 3.8) is 0 Å². The first-order valence-electron chi connectivity index (χ1n) is 10.1. The van der Waals surface area contributed by atoms with E-state index in [1.165, 1.54) is 0 Å². The molecule has 3 aromatic rings. The molecule has 4 rings (SSSR count). The molecule has 1 aliphatic heterocycles. The van der Waals surface area contributed by atoms with Crippen LogP contribution in [0.15, 0.2) is 48.5 Å². The van der Waals surface area contributed by atoms with Gasteiger partial charge in [-0.2, -0.15) is 0 Å². The van der Waals surface area contributed by atoms with E-state index in [0.29, 0.717) is 18.2 Å². The number of hydrogen-bond acceptors (Lipinski definition) is 5. The van der Waals surface area contributed by atoms with Crippen LogP contribution in [0.25, 0.3) is 11.0 Å². The van der Waals surface area contributed by atoms with Crippen molar-refractivity contribution in [2.45, 2.75) is 26.2 Å². The number of nitrogens with one attached hydrogen (secondary N) is 1. The third kappa shape index (κ3) is 4.01. The zero-order valence-electron chi connectivity index (χ0n) is 16.9. The minimum absolute atomic E-state index is 0.0586. The first kappa shape index (κ1) is 19.2. The maximum absolute atomic E-state index is 13.0. The van der Waals surface area contributed by atoms with Crippen molar-refractivity contribution in [1.82, 2.24) is 9.97 Å². The molecule has 0 bridgehead atoms. The van der Waals surface area contributed by atoms with E-state index in [1.807, 2.05) is 42.5 Å². The van der Waals surface area contributed by atoms with Crippen LogP contribution in [0, 0.1) is 5.92 Å². The summed E-state index contributed by atoms with van der Waals surface area (Å²) in [7, 11) is 1.61. The lowest BCUT2D eigenvalue weighted by molar-refractivity contribution is -0.120. The molecule has 0 saturated carbocycles. The highest BCUT2D eigenvalue weighted by atomic mass is 16.5. The fraction of sp³-hybridized carbons (Fsp3) is 0.348. The molecule has 2 heterocycles. The third-order valence-electron chi connectivity index (χ3n) is 5.46. The van der Waals surface area contributed by atoms with Crippen LogP contribution < -0.4 is 15.0 Å². The van der Waals surface area contributed by atoms with E-state index in [0.717, 1.165) is 48.1 Å². The van der Waals surface area contributed by atoms with Gasteiger partial charge < -0.3 is 15.0 Å². The summed E-state index contributed by atoms with van der Waals surface area (Å²) < 4.78 is 5.51. The standard InChI is InChI=1S/C23H26N4O2/c1-3-16-9-4-5-11-18(16)25-22(28)17-10-8-14-27(15-17)21-23(29-2)26-20-13-7-6-12-19(20)24-21/h4-7,9,11-13,17H,3,8,10,14-15H2,1-2H3,(H,25,28)/t17-/m1/s1. The zero-order valence-corrected chi connectivity index (χ0v) is 16.9. The number of carbonyl (C=O) groups is 1. The van der Waals surface area contributed by atoms with Crippen LogP contribution >= 0.6 is 0 Å². The van der Waals surface area contributed by atoms with E-state index in [-0.39, 0.29) is 11.8 Å². The van der Waals surface area contributed by atoms with Gasteiger partial charge in [0.05, 0.1) is 24.1 Å². The molecule has 1 N–H and O–H groups in total. The second-order valence-corrected chi connectivity index (χ2v) is 7.33. The lowest BCUT2D eigenvalue weighted by atomic mass is 9.96. The molecule has 1 aliphatic rings. The molecule has 0 aliphatic carbocycles. The maximum atomic E-state index is 13.0. The molecule has 6 nitrogen and oxygen atoms in total. The highest BCUT2D eigenvalue weighted by Crippen LogP contribution is 2.31. The molecule has 150 valence electrons. The Balaban J connectivity index is 1.55. The van der Waals surface area contributed by atoms with E-state index in [1.54, 1.807) is 7.11 Å². The molecular formula is C23H26N4O2. The Kier molecular flexibility index (Phi) is 5.60. The van der Waals surface area contributed by atoms with E-state index < -0.39 is 0 Å². The number of hydrogen-bond donors (Lipinski definition) is 1. The summed E-state index contributed by atoms with van der Waals surface area (Å²) in [5, 5.41) is 3.13. The molecule has 0 radical (unpaired) electrons. The van der Waals surface area contributed by atoms with Gasteiger partial charge in [-0.1, -0.05) is 37.3 Å². The summed E-state index contributed by atoms with van der Waals surface area (Å²) in [4.78, 5) is 24.5. The van der Waals surface area contributed by atoms with Gasteiger partial charge in [-0.3, -0.25) is 4.79 Å². The predicted molar refractivity (Wildman–Crippen MR) is 115 cm³/mol. The molecule has 1 atom stereocenters. The van der Waals surface area contributed by atoms with E-state index in [2.05, 4.69) is 28.2 Å². The molecule has 6 heteroatoms. The second kappa shape index (κ2) is 8.47. The minimum Gasteiger partial charge on any atom is -0.478 e. The summed E-state index contributed by atoms with van der Waals surface area (Å²) >= 11 is 0. The van der Waals surface area contributed by atoms with Gasteiger partial charge in [0, 0.05) is 18.8 Å². The SMILES string of the molecule is CCc1ccccc1NC(=O)[C@@H]1CCCN(c2nc3ccccc3nc2OC)C1. The van der Waals surface area contributed by atoms with Gasteiger partial charge in [0.1, 0.15) is 0 Å². The number of methoxy groups -OCH3 is 1. The van der Waals surface area contributed by atoms with Crippen molar-refractivity contribution in [2.75, 3.05) is 30.4 Å². The number of amides is 1. The number of anilines is 2. The maximum Gasteiger partial charge on any atom is 0.257 e. The predicted octanol–water partition coefficient (Wildman–Crippen LogP) is 4.06. The van der Waals surface area contributed by atoms with Gasteiger partial charge in [-0.25, -0.2) is 9.97 Å². The number of carbonyl (C=O) groups excluding carboxylic acids is 1. The van der Waals surface area contributed by atoms with Crippen molar-refractivity contribution < 1.29 is 9.53 Å². The normalized spacial score (nSPS) is 16.6. The van der Waals surface area contributed by atoms with Crippen LogP contribution in [0.3, 0.4) is 0 Å². The van der Waals surface area contributed by atoms with Crippen molar-refractivity contribution in [3.05, 3.63) is 54.1 Å². The number of benzene rings is 2. The fourth-order valence-corrected chi connectivity index (χ4v) is 3.89. The molecule has 0 unspecified atom stereocenters. The average molecular weight is 390 g/mol. The summed E-state index contributed by atoms with van der Waals surface area (Å²) in [6.07, 6.45) is 2.67. The number of piperidine rings is 1. The lowest BCUT2D eigenvalue weighted by Gasteiger charge is -2.33. The van der Waals surface area contributed by atoms with Crippen molar-refractivity contribution in [3.8, 4) is 5.88 Å². The molecular weight excluding hydrogens is 364 g/mol. The molecule has 0 spiro atoms. The van der Waals surface area contributed by atoms with Gasteiger partial charge >= 0.3 is 0 Å². The van der Waals surface area contributed by atoms with Crippen molar-refractivity contribution in [1.29, 1.82) is 0 Å². The highest BCUT2D eigenvalue weighted by molar-refractivity contribution is 5.93. The van der Waals surface area contributed by atoms with Crippen molar-refractivity contribution in [2.24, 2.45) is 5.92 Å². The van der Waals surface area contributed by atoms with Gasteiger partial charge in [0.25, 0.3) is 5.88 Å². The molecule has 2 aromatic carbocycles. The first-order chi connectivity index (χ1) is 14.2. The summed E-state index contributed by atoms with van der Waals surface area (Å²) in [6, 6.07) is 15.7. The monoisotopic (exact) mass is 390 g/mol. The van der Waals surface area contributed by atoms with Gasteiger partial charge in [0.2, 0.25) is 5.91 Å². The van der Waals surface area contributed by atoms with E-state index >= 15 is 0 Å². The van der Waals surface area contributed by atoms with E-state index in [9.17, 15) is 4.79 Å². The summed E-state index contributed by atoms with van der Waals surface area (Å²) in [6.45, 7) is 3.53. The Morgan fingerprint density at radius 3 is 2.62 bits per heavy atom. The Labute approximate surface area is 170 Å². The van der Waals surface area contributed by atoms with Gasteiger partial charge in [-0.05, 0) is 43.0 Å². The highest BCUT2D eigenvalue weighted by Gasteiger charge is 2.29. The van der Waals surface area contributed by atoms with Crippen LogP contribution in [0.2, 0.25) is 0 Å². The molecule has 1 amide bonds. The molecule has 1 fully saturated rings. The van der Waals surface area contributed by atoms with E-state index in [4.69, 9.17) is 9.72 Å². The summed E-state index contributed by atoms with van der Waals surface area (Å²) in [5.41, 5.74) is 3.68. The average Bonchev–Trinajstić information content (AvgIpc) is 2.78. The first-order valence-corrected chi connectivity index (χ1v) is 10.1. The number of para-hydroxylation sites is 3. The topological polar surface area (TPSA) is 67.4 Å². The number of fused-ring (bicyclic) bond motifs is 1. The molecule has 1 aromatic heterocycles. The number of nitrogens with zero attached hydrogens (tertiary/aromatic N) is 3. The number of aromatic nitrogens is 2. The molecule has 1 saturated heterocycles. The Bertz CT molecular complexity index is 1020. The van der Waals surface area contributed by atoms with Crippen LogP contribution in [0.1, 0.15) is 25.3 Å². The number of rotatable bonds is 5. The van der Waals surface area contributed by atoms with Crippen LogP contribution in [-0.4, -0.2) is 36.1 Å². The number of ether oxygens (including phenoxy) is 1. The second-order valence-electron chi connectivity index (χ2n) is 7.33. The Hall–Kier alpha value is -3.15. The van der Waals surface area contributed by atoms with Gasteiger partial charge in [-0.15, -0.1) is 0 Å². The minimum atomic E-state index is -0.105. The fourth-order valence-electron chi connectivity index (χ4n) is 3.89. The quantitative estimate of drug-likeness (QED) is 0.712. The van der Waals surface area contributed by atoms with Gasteiger partial charge in [0.15, 0.2) is 5.82 Å². The van der Waals surface area contributed by atoms with Crippen molar-refractivity contribution >= 4 is 28.4 Å². The summed E-state index contributed by atoms with van der Waals surface area (Å²) in [5.74, 6) is 1.16. The Morgan fingerprint density at radius 2 is 1.86 bits per heavy atom. The van der Waals surface area contributed by atoms with Crippen LogP contribution in [-0.2, 0) is 11.2 Å². The van der Waals surface area contributed by atoms with Crippen LogP contribution in [0.4, 0.5) is 11.5 Å². The Morgan fingerprint density at radius 1 is 1.14 bits per heavy atom. The smallest absolute Gasteiger partial charge is 0.257 e. The van der Waals surface area contributed by atoms with Crippen LogP contribution in [0.5, 0.6) is 5.88 Å². The molecule has 29 heavy (non-hydrogen) atoms. The zero-order chi connectivity index (χ0) is 20.2. The lowest BCUT2D eigenvalue weighted by Crippen LogP contribution is -2.41. The third-order valence-corrected chi connectivity index (χ3v) is 5.46. The largest absolute Gasteiger partial charge is 0.478 e.